The fourth-order valence-corrected chi connectivity index (χ4v) is 1.10. The van der Waals surface area contributed by atoms with Gasteiger partial charge in [0.1, 0.15) is 17.2 Å². The second kappa shape index (κ2) is 2.26. The average Bonchev–Trinajstić information content (AvgIpc) is 2.68. The molecule has 1 aliphatic heterocycles. The molecule has 1 atom stereocenters. The molecular formula is C9H7F2O. The van der Waals surface area contributed by atoms with Crippen molar-refractivity contribution in [3.05, 3.63) is 42.3 Å². The molecule has 1 nitrogen and oxygen atoms in total. The van der Waals surface area contributed by atoms with E-state index in [-0.39, 0.29) is 0 Å². The maximum atomic E-state index is 13.0. The van der Waals surface area contributed by atoms with Crippen LogP contribution in [0, 0.1) is 18.6 Å². The summed E-state index contributed by atoms with van der Waals surface area (Å²) in [5, 5.41) is 0. The zero-order valence-corrected chi connectivity index (χ0v) is 6.31. The van der Waals surface area contributed by atoms with Crippen LogP contribution in [0.2, 0.25) is 0 Å². The number of halogens is 2. The summed E-state index contributed by atoms with van der Waals surface area (Å²) in [5.41, 5.74) is -0.443. The van der Waals surface area contributed by atoms with Crippen LogP contribution < -0.4 is 0 Å². The van der Waals surface area contributed by atoms with Gasteiger partial charge in [-0.25, -0.2) is 8.78 Å². The molecular weight excluding hydrogens is 162 g/mol. The summed E-state index contributed by atoms with van der Waals surface area (Å²) in [6, 6.07) is 3.40. The van der Waals surface area contributed by atoms with Crippen LogP contribution in [-0.2, 0) is 10.3 Å². The van der Waals surface area contributed by atoms with Gasteiger partial charge in [0.15, 0.2) is 0 Å². The maximum absolute atomic E-state index is 13.0. The molecule has 12 heavy (non-hydrogen) atoms. The van der Waals surface area contributed by atoms with Crippen LogP contribution >= 0.6 is 0 Å². The van der Waals surface area contributed by atoms with Crippen LogP contribution in [0.5, 0.6) is 0 Å². The Hall–Kier alpha value is -0.960. The molecule has 1 unspecified atom stereocenters. The Balaban J connectivity index is 2.45. The summed E-state index contributed by atoms with van der Waals surface area (Å²) < 4.78 is 30.4. The molecule has 3 heteroatoms. The standard InChI is InChI=1S/C9H7F2O/c1-9(5-12-9)7-3-2-6(10)4-8(7)11/h2-4H,1,5H2. The van der Waals surface area contributed by atoms with Gasteiger partial charge in [-0.1, -0.05) is 6.07 Å². The van der Waals surface area contributed by atoms with E-state index < -0.39 is 17.2 Å². The Morgan fingerprint density at radius 2 is 2.08 bits per heavy atom. The number of ether oxygens (including phenoxy) is 1. The Morgan fingerprint density at radius 1 is 1.42 bits per heavy atom. The topological polar surface area (TPSA) is 12.5 Å². The lowest BCUT2D eigenvalue weighted by molar-refractivity contribution is 0.346. The summed E-state index contributed by atoms with van der Waals surface area (Å²) in [5.74, 6) is -1.18. The van der Waals surface area contributed by atoms with Crippen molar-refractivity contribution in [3.63, 3.8) is 0 Å². The molecule has 0 saturated carbocycles. The van der Waals surface area contributed by atoms with Crippen molar-refractivity contribution in [2.45, 2.75) is 5.60 Å². The monoisotopic (exact) mass is 169 g/mol. The van der Waals surface area contributed by atoms with E-state index >= 15 is 0 Å². The quantitative estimate of drug-likeness (QED) is 0.586. The Labute approximate surface area is 69.0 Å². The largest absolute Gasteiger partial charge is 0.364 e. The molecule has 1 aliphatic rings. The highest BCUT2D eigenvalue weighted by Gasteiger charge is 2.43. The van der Waals surface area contributed by atoms with Crippen molar-refractivity contribution in [1.82, 2.24) is 0 Å². The fraction of sp³-hybridized carbons (Fsp3) is 0.222. The molecule has 0 bridgehead atoms. The van der Waals surface area contributed by atoms with E-state index in [9.17, 15) is 8.78 Å². The van der Waals surface area contributed by atoms with Crippen molar-refractivity contribution in [3.8, 4) is 0 Å². The van der Waals surface area contributed by atoms with Gasteiger partial charge in [-0.05, 0) is 13.0 Å². The fourth-order valence-electron chi connectivity index (χ4n) is 1.10. The third-order valence-corrected chi connectivity index (χ3v) is 1.91. The molecule has 0 N–H and O–H groups in total. The smallest absolute Gasteiger partial charge is 0.132 e. The van der Waals surface area contributed by atoms with Crippen LogP contribution in [0.25, 0.3) is 0 Å². The average molecular weight is 169 g/mol. The molecule has 63 valence electrons. The Morgan fingerprint density at radius 3 is 2.58 bits per heavy atom. The molecule has 0 aliphatic carbocycles. The van der Waals surface area contributed by atoms with Crippen LogP contribution in [0.3, 0.4) is 0 Å². The lowest BCUT2D eigenvalue weighted by atomic mass is 10.0. The molecule has 1 radical (unpaired) electrons. The van der Waals surface area contributed by atoms with Crippen LogP contribution in [0.4, 0.5) is 8.78 Å². The summed E-state index contributed by atoms with van der Waals surface area (Å²) in [6.45, 7) is 4.06. The van der Waals surface area contributed by atoms with Gasteiger partial charge in [-0.15, -0.1) is 0 Å². The van der Waals surface area contributed by atoms with Crippen molar-refractivity contribution < 1.29 is 13.5 Å². The van der Waals surface area contributed by atoms with Gasteiger partial charge in [0.2, 0.25) is 0 Å². The zero-order chi connectivity index (χ0) is 8.77. The summed E-state index contributed by atoms with van der Waals surface area (Å²) in [7, 11) is 0. The van der Waals surface area contributed by atoms with Crippen LogP contribution in [-0.4, -0.2) is 6.61 Å². The number of benzene rings is 1. The number of rotatable bonds is 1. The minimum Gasteiger partial charge on any atom is -0.364 e. The van der Waals surface area contributed by atoms with Gasteiger partial charge in [0, 0.05) is 11.6 Å². The second-order valence-corrected chi connectivity index (χ2v) is 2.91. The zero-order valence-electron chi connectivity index (χ0n) is 6.31. The van der Waals surface area contributed by atoms with Gasteiger partial charge in [-0.2, -0.15) is 0 Å². The summed E-state index contributed by atoms with van der Waals surface area (Å²) in [6.07, 6.45) is 0. The van der Waals surface area contributed by atoms with Gasteiger partial charge < -0.3 is 4.74 Å². The molecule has 1 aromatic rings. The van der Waals surface area contributed by atoms with E-state index in [0.717, 1.165) is 6.07 Å². The van der Waals surface area contributed by atoms with E-state index in [1.807, 2.05) is 0 Å². The number of epoxide rings is 1. The normalized spacial score (nSPS) is 27.2. The predicted molar refractivity (Wildman–Crippen MR) is 39.3 cm³/mol. The van der Waals surface area contributed by atoms with Crippen molar-refractivity contribution in [2.75, 3.05) is 6.61 Å². The lowest BCUT2D eigenvalue weighted by Crippen LogP contribution is -2.05. The van der Waals surface area contributed by atoms with Crippen molar-refractivity contribution >= 4 is 0 Å². The molecule has 0 amide bonds. The minimum absolute atomic E-state index is 0.323. The third kappa shape index (κ3) is 1.10. The predicted octanol–water partition coefficient (Wildman–Crippen LogP) is 2.02. The van der Waals surface area contributed by atoms with E-state index in [1.165, 1.54) is 12.1 Å². The first-order valence-corrected chi connectivity index (χ1v) is 3.57. The van der Waals surface area contributed by atoms with E-state index in [1.54, 1.807) is 0 Å². The molecule has 0 spiro atoms. The summed E-state index contributed by atoms with van der Waals surface area (Å²) >= 11 is 0. The van der Waals surface area contributed by atoms with Gasteiger partial charge in [-0.3, -0.25) is 0 Å². The van der Waals surface area contributed by atoms with Gasteiger partial charge in [0.05, 0.1) is 6.61 Å². The number of hydrogen-bond acceptors (Lipinski definition) is 1. The van der Waals surface area contributed by atoms with Gasteiger partial charge in [0.25, 0.3) is 0 Å². The van der Waals surface area contributed by atoms with E-state index in [2.05, 4.69) is 6.92 Å². The SMILES string of the molecule is [CH2]C1(c2ccc(F)cc2F)CO1. The first-order chi connectivity index (χ1) is 5.62. The third-order valence-electron chi connectivity index (χ3n) is 1.91. The first kappa shape index (κ1) is 7.68. The van der Waals surface area contributed by atoms with E-state index in [0.29, 0.717) is 12.2 Å². The highest BCUT2D eigenvalue weighted by atomic mass is 19.1. The molecule has 1 aromatic carbocycles. The van der Waals surface area contributed by atoms with Crippen LogP contribution in [0.1, 0.15) is 5.56 Å². The molecule has 1 fully saturated rings. The van der Waals surface area contributed by atoms with Gasteiger partial charge >= 0.3 is 0 Å². The summed E-state index contributed by atoms with van der Waals surface area (Å²) in [4.78, 5) is 0. The van der Waals surface area contributed by atoms with Crippen molar-refractivity contribution in [1.29, 1.82) is 0 Å². The van der Waals surface area contributed by atoms with Crippen LogP contribution in [0.15, 0.2) is 18.2 Å². The number of hydrogen-bond donors (Lipinski definition) is 0. The lowest BCUT2D eigenvalue weighted by Gasteiger charge is -2.05. The highest BCUT2D eigenvalue weighted by Crippen LogP contribution is 2.38. The Bertz CT molecular complexity index is 318. The van der Waals surface area contributed by atoms with Crippen molar-refractivity contribution in [2.24, 2.45) is 0 Å². The maximum Gasteiger partial charge on any atom is 0.132 e. The molecule has 1 saturated heterocycles. The van der Waals surface area contributed by atoms with E-state index in [4.69, 9.17) is 4.74 Å². The first-order valence-electron chi connectivity index (χ1n) is 3.57. The minimum atomic E-state index is -0.766. The molecule has 2 rings (SSSR count). The molecule has 1 heterocycles. The Kier molecular flexibility index (Phi) is 1.45. The highest BCUT2D eigenvalue weighted by molar-refractivity contribution is 5.29. The second-order valence-electron chi connectivity index (χ2n) is 2.91. The molecule has 0 aromatic heterocycles.